The Balaban J connectivity index is 2.11. The van der Waals surface area contributed by atoms with Gasteiger partial charge in [0.05, 0.1) is 11.0 Å². The summed E-state index contributed by atoms with van der Waals surface area (Å²) in [5.74, 6) is -0.838. The van der Waals surface area contributed by atoms with Gasteiger partial charge in [-0.3, -0.25) is 9.59 Å². The molecule has 1 unspecified atom stereocenters. The van der Waals surface area contributed by atoms with Crippen LogP contribution in [0.15, 0.2) is 0 Å². The summed E-state index contributed by atoms with van der Waals surface area (Å²) in [4.78, 5) is 25.5. The zero-order chi connectivity index (χ0) is 13.4. The summed E-state index contributed by atoms with van der Waals surface area (Å²) in [7, 11) is 0. The summed E-state index contributed by atoms with van der Waals surface area (Å²) < 4.78 is 0. The molecule has 1 aliphatic heterocycles. The van der Waals surface area contributed by atoms with E-state index in [0.717, 1.165) is 25.7 Å². The number of likely N-dealkylation sites (tertiary alicyclic amines) is 1. The molecule has 5 heteroatoms. The third-order valence-electron chi connectivity index (χ3n) is 4.67. The quantitative estimate of drug-likeness (QED) is 0.786. The first-order chi connectivity index (χ1) is 8.43. The number of amides is 1. The van der Waals surface area contributed by atoms with Crippen molar-refractivity contribution in [1.82, 2.24) is 4.90 Å². The maximum absolute atomic E-state index is 12.3. The number of piperidine rings is 1. The highest BCUT2D eigenvalue weighted by Crippen LogP contribution is 2.37. The van der Waals surface area contributed by atoms with Gasteiger partial charge in [-0.15, -0.1) is 0 Å². The smallest absolute Gasteiger partial charge is 0.311 e. The summed E-state index contributed by atoms with van der Waals surface area (Å²) in [5, 5.41) is 9.39. The van der Waals surface area contributed by atoms with Gasteiger partial charge in [0, 0.05) is 13.1 Å². The molecule has 0 radical (unpaired) electrons. The highest BCUT2D eigenvalue weighted by molar-refractivity contribution is 5.88. The van der Waals surface area contributed by atoms with E-state index in [4.69, 9.17) is 5.73 Å². The zero-order valence-corrected chi connectivity index (χ0v) is 10.9. The number of carbonyl (C=O) groups excluding carboxylic acids is 1. The Morgan fingerprint density at radius 3 is 2.39 bits per heavy atom. The predicted octanol–water partition coefficient (Wildman–Crippen LogP) is 0.971. The molecule has 1 saturated carbocycles. The van der Waals surface area contributed by atoms with Crippen LogP contribution >= 0.6 is 0 Å². The number of hydrogen-bond acceptors (Lipinski definition) is 3. The molecule has 0 aromatic carbocycles. The Hall–Kier alpha value is -1.10. The summed E-state index contributed by atoms with van der Waals surface area (Å²) >= 11 is 0. The topological polar surface area (TPSA) is 83.6 Å². The second kappa shape index (κ2) is 4.53. The molecule has 18 heavy (non-hydrogen) atoms. The molecular formula is C13H22N2O3. The van der Waals surface area contributed by atoms with Crippen molar-refractivity contribution < 1.29 is 14.7 Å². The Morgan fingerprint density at radius 2 is 1.94 bits per heavy atom. The van der Waals surface area contributed by atoms with Gasteiger partial charge in [-0.25, -0.2) is 0 Å². The molecule has 2 aliphatic rings. The first-order valence-corrected chi connectivity index (χ1v) is 6.75. The Bertz CT molecular complexity index is 365. The summed E-state index contributed by atoms with van der Waals surface area (Å²) in [6, 6.07) is 0. The van der Waals surface area contributed by atoms with Crippen LogP contribution in [0.1, 0.15) is 45.4 Å². The van der Waals surface area contributed by atoms with Crippen LogP contribution in [0.25, 0.3) is 0 Å². The fourth-order valence-electron chi connectivity index (χ4n) is 3.01. The maximum atomic E-state index is 12.3. The minimum atomic E-state index is -0.790. The van der Waals surface area contributed by atoms with Gasteiger partial charge in [0.1, 0.15) is 0 Å². The second-order valence-electron chi connectivity index (χ2n) is 5.78. The third kappa shape index (κ3) is 2.00. The van der Waals surface area contributed by atoms with Crippen molar-refractivity contribution in [3.8, 4) is 0 Å². The standard InChI is InChI=1S/C13H22N2O3/c1-2-12(11(17)18)5-4-8-15(9-12)10(16)13(14)6-3-7-13/h2-9,14H2,1H3,(H,17,18). The van der Waals surface area contributed by atoms with Crippen LogP contribution in [0.3, 0.4) is 0 Å². The normalized spacial score (nSPS) is 30.7. The van der Waals surface area contributed by atoms with E-state index >= 15 is 0 Å². The number of carboxylic acids is 1. The highest BCUT2D eigenvalue weighted by atomic mass is 16.4. The monoisotopic (exact) mass is 254 g/mol. The molecule has 102 valence electrons. The SMILES string of the molecule is CCC1(C(=O)O)CCCN(C(=O)C2(N)CCC2)C1. The molecule has 2 rings (SSSR count). The van der Waals surface area contributed by atoms with Crippen molar-refractivity contribution in [2.45, 2.75) is 51.0 Å². The molecule has 1 heterocycles. The van der Waals surface area contributed by atoms with E-state index in [1.165, 1.54) is 0 Å². The van der Waals surface area contributed by atoms with E-state index in [9.17, 15) is 14.7 Å². The summed E-state index contributed by atoms with van der Waals surface area (Å²) in [6.07, 6.45) is 4.42. The van der Waals surface area contributed by atoms with Gasteiger partial charge in [-0.1, -0.05) is 6.92 Å². The van der Waals surface area contributed by atoms with Gasteiger partial charge in [0.15, 0.2) is 0 Å². The molecule has 1 aliphatic carbocycles. The molecule has 0 aromatic rings. The van der Waals surface area contributed by atoms with Crippen LogP contribution in [-0.4, -0.2) is 40.5 Å². The van der Waals surface area contributed by atoms with Crippen LogP contribution in [0.4, 0.5) is 0 Å². The van der Waals surface area contributed by atoms with E-state index in [-0.39, 0.29) is 5.91 Å². The lowest BCUT2D eigenvalue weighted by Gasteiger charge is -2.45. The lowest BCUT2D eigenvalue weighted by molar-refractivity contribution is -0.157. The molecule has 0 spiro atoms. The molecule has 1 atom stereocenters. The van der Waals surface area contributed by atoms with Crippen LogP contribution in [0, 0.1) is 5.41 Å². The predicted molar refractivity (Wildman–Crippen MR) is 66.9 cm³/mol. The van der Waals surface area contributed by atoms with E-state index < -0.39 is 16.9 Å². The van der Waals surface area contributed by atoms with E-state index in [2.05, 4.69) is 0 Å². The van der Waals surface area contributed by atoms with Crippen molar-refractivity contribution in [2.75, 3.05) is 13.1 Å². The van der Waals surface area contributed by atoms with Crippen molar-refractivity contribution in [1.29, 1.82) is 0 Å². The number of carbonyl (C=O) groups is 2. The van der Waals surface area contributed by atoms with Crippen LogP contribution < -0.4 is 5.73 Å². The summed E-state index contributed by atoms with van der Waals surface area (Å²) in [5.41, 5.74) is 4.56. The average molecular weight is 254 g/mol. The van der Waals surface area contributed by atoms with Crippen molar-refractivity contribution >= 4 is 11.9 Å². The van der Waals surface area contributed by atoms with Crippen molar-refractivity contribution in [2.24, 2.45) is 11.1 Å². The lowest BCUT2D eigenvalue weighted by Crippen LogP contribution is -2.62. The Labute approximate surface area is 107 Å². The highest BCUT2D eigenvalue weighted by Gasteiger charge is 2.47. The Kier molecular flexibility index (Phi) is 3.36. The van der Waals surface area contributed by atoms with E-state index in [1.54, 1.807) is 4.90 Å². The van der Waals surface area contributed by atoms with Gasteiger partial charge >= 0.3 is 5.97 Å². The van der Waals surface area contributed by atoms with Crippen LogP contribution in [-0.2, 0) is 9.59 Å². The number of rotatable bonds is 3. The van der Waals surface area contributed by atoms with E-state index in [1.807, 2.05) is 6.92 Å². The van der Waals surface area contributed by atoms with E-state index in [0.29, 0.717) is 25.9 Å². The van der Waals surface area contributed by atoms with Gasteiger partial charge in [-0.2, -0.15) is 0 Å². The first kappa shape index (κ1) is 13.3. The molecule has 5 nitrogen and oxygen atoms in total. The third-order valence-corrected chi connectivity index (χ3v) is 4.67. The maximum Gasteiger partial charge on any atom is 0.311 e. The molecule has 3 N–H and O–H groups in total. The molecule has 1 saturated heterocycles. The van der Waals surface area contributed by atoms with Gasteiger partial charge < -0.3 is 15.7 Å². The van der Waals surface area contributed by atoms with Gasteiger partial charge in [0.25, 0.3) is 0 Å². The molecular weight excluding hydrogens is 232 g/mol. The number of hydrogen-bond donors (Lipinski definition) is 2. The Morgan fingerprint density at radius 1 is 1.28 bits per heavy atom. The number of aliphatic carboxylic acids is 1. The minimum Gasteiger partial charge on any atom is -0.481 e. The molecule has 0 bridgehead atoms. The fourth-order valence-corrected chi connectivity index (χ4v) is 3.01. The number of nitrogens with zero attached hydrogens (tertiary/aromatic N) is 1. The van der Waals surface area contributed by atoms with Gasteiger partial charge in [-0.05, 0) is 38.5 Å². The zero-order valence-electron chi connectivity index (χ0n) is 10.9. The second-order valence-corrected chi connectivity index (χ2v) is 5.78. The number of nitrogens with two attached hydrogens (primary N) is 1. The van der Waals surface area contributed by atoms with Crippen LogP contribution in [0.5, 0.6) is 0 Å². The molecule has 2 fully saturated rings. The minimum absolute atomic E-state index is 0.0486. The first-order valence-electron chi connectivity index (χ1n) is 6.75. The van der Waals surface area contributed by atoms with Crippen molar-refractivity contribution in [3.63, 3.8) is 0 Å². The van der Waals surface area contributed by atoms with Crippen LogP contribution in [0.2, 0.25) is 0 Å². The average Bonchev–Trinajstić information content (AvgIpc) is 2.34. The van der Waals surface area contributed by atoms with Gasteiger partial charge in [0.2, 0.25) is 5.91 Å². The molecule has 0 aromatic heterocycles. The molecule has 1 amide bonds. The fraction of sp³-hybridized carbons (Fsp3) is 0.846. The lowest BCUT2D eigenvalue weighted by atomic mass is 9.74. The number of carboxylic acid groups (broad SMARTS) is 1. The largest absolute Gasteiger partial charge is 0.481 e. The van der Waals surface area contributed by atoms with Crippen molar-refractivity contribution in [3.05, 3.63) is 0 Å². The summed E-state index contributed by atoms with van der Waals surface area (Å²) in [6.45, 7) is 2.84.